The van der Waals surface area contributed by atoms with Crippen molar-refractivity contribution in [3.8, 4) is 17.6 Å². The Balaban J connectivity index is 1.57. The van der Waals surface area contributed by atoms with Gasteiger partial charge in [0.05, 0.1) is 36.7 Å². The van der Waals surface area contributed by atoms with Gasteiger partial charge < -0.3 is 25.0 Å². The number of pyridine rings is 2. The van der Waals surface area contributed by atoms with Crippen molar-refractivity contribution in [2.24, 2.45) is 11.8 Å². The fraction of sp³-hybridized carbons (Fsp3) is 0.281. The molecule has 202 valence electrons. The number of benzene rings is 2. The minimum absolute atomic E-state index is 0.173. The molecule has 0 bridgehead atoms. The third kappa shape index (κ3) is 3.78. The summed E-state index contributed by atoms with van der Waals surface area (Å²) in [6, 6.07) is 23.1. The van der Waals surface area contributed by atoms with Gasteiger partial charge in [0.15, 0.2) is 5.60 Å². The molecule has 1 saturated carbocycles. The molecule has 5 atom stereocenters. The minimum Gasteiger partial charge on any atom is -0.495 e. The smallest absolute Gasteiger partial charge is 0.174 e. The first kappa shape index (κ1) is 26.0. The number of fused-ring (bicyclic) bond motifs is 3. The summed E-state index contributed by atoms with van der Waals surface area (Å²) in [5.74, 6) is -0.471. The largest absolute Gasteiger partial charge is 0.495 e. The summed E-state index contributed by atoms with van der Waals surface area (Å²) in [7, 11) is 1.55. The van der Waals surface area contributed by atoms with Crippen LogP contribution in [0.15, 0.2) is 91.5 Å². The van der Waals surface area contributed by atoms with Crippen molar-refractivity contribution in [1.29, 1.82) is 5.26 Å². The zero-order valence-corrected chi connectivity index (χ0v) is 22.1. The van der Waals surface area contributed by atoms with E-state index in [4.69, 9.17) is 9.47 Å². The Morgan fingerprint density at radius 1 is 1.02 bits per heavy atom. The Labute approximate surface area is 232 Å². The maximum Gasteiger partial charge on any atom is 0.174 e. The van der Waals surface area contributed by atoms with E-state index in [-0.39, 0.29) is 12.5 Å². The van der Waals surface area contributed by atoms with Crippen LogP contribution < -0.4 is 14.8 Å². The summed E-state index contributed by atoms with van der Waals surface area (Å²) in [6.07, 6.45) is 6.69. The van der Waals surface area contributed by atoms with Crippen LogP contribution in [0.25, 0.3) is 0 Å². The Hall–Kier alpha value is -4.29. The lowest BCUT2D eigenvalue weighted by Crippen LogP contribution is -2.52. The number of aliphatic hydroxyl groups excluding tert-OH is 1. The zero-order valence-electron chi connectivity index (χ0n) is 22.1. The third-order valence-corrected chi connectivity index (χ3v) is 8.49. The molecule has 0 radical (unpaired) electrons. The maximum atomic E-state index is 13.3. The number of nitriles is 1. The van der Waals surface area contributed by atoms with Crippen LogP contribution in [0.2, 0.25) is 0 Å². The molecule has 1 aliphatic carbocycles. The second-order valence-electron chi connectivity index (χ2n) is 10.3. The van der Waals surface area contributed by atoms with Gasteiger partial charge in [-0.3, -0.25) is 9.97 Å². The number of hydrogen-bond acceptors (Lipinski definition) is 8. The normalized spacial score (nSPS) is 26.4. The Bertz CT molecular complexity index is 1530. The first-order valence-corrected chi connectivity index (χ1v) is 13.3. The monoisotopic (exact) mass is 534 g/mol. The SMILES string of the molecule is COc1cncc2c1[C@]1(O)[C@@H](CNCc3ccncc3)[C@H](CO)[C@@H](c3ccccc3)[C@]1(c1ccc(C#N)cc1)O2. The first-order chi connectivity index (χ1) is 19.6. The fourth-order valence-corrected chi connectivity index (χ4v) is 6.87. The summed E-state index contributed by atoms with van der Waals surface area (Å²) >= 11 is 0. The second kappa shape index (κ2) is 10.4. The quantitative estimate of drug-likeness (QED) is 0.313. The molecule has 2 aromatic carbocycles. The number of hydrogen-bond donors (Lipinski definition) is 3. The highest BCUT2D eigenvalue weighted by Gasteiger charge is 2.76. The summed E-state index contributed by atoms with van der Waals surface area (Å²) in [5, 5.41) is 37.2. The van der Waals surface area contributed by atoms with E-state index in [1.54, 1.807) is 44.0 Å². The van der Waals surface area contributed by atoms with E-state index in [1.807, 2.05) is 54.6 Å². The maximum absolute atomic E-state index is 13.3. The van der Waals surface area contributed by atoms with E-state index < -0.39 is 23.0 Å². The molecule has 8 heteroatoms. The van der Waals surface area contributed by atoms with Gasteiger partial charge in [-0.2, -0.15) is 5.26 Å². The Morgan fingerprint density at radius 3 is 2.45 bits per heavy atom. The van der Waals surface area contributed by atoms with Crippen LogP contribution in [0.3, 0.4) is 0 Å². The molecule has 4 aromatic rings. The molecule has 0 amide bonds. The van der Waals surface area contributed by atoms with Crippen molar-refractivity contribution in [1.82, 2.24) is 15.3 Å². The van der Waals surface area contributed by atoms with Crippen molar-refractivity contribution in [2.75, 3.05) is 20.3 Å². The van der Waals surface area contributed by atoms with Crippen LogP contribution in [0.5, 0.6) is 11.5 Å². The van der Waals surface area contributed by atoms with Crippen LogP contribution in [-0.2, 0) is 17.7 Å². The number of ether oxygens (including phenoxy) is 2. The number of nitrogens with one attached hydrogen (secondary N) is 1. The fourth-order valence-electron chi connectivity index (χ4n) is 6.87. The molecule has 2 aromatic heterocycles. The third-order valence-electron chi connectivity index (χ3n) is 8.49. The molecule has 0 spiro atoms. The first-order valence-electron chi connectivity index (χ1n) is 13.3. The van der Waals surface area contributed by atoms with Crippen LogP contribution in [0.4, 0.5) is 0 Å². The van der Waals surface area contributed by atoms with E-state index >= 15 is 0 Å². The van der Waals surface area contributed by atoms with Crippen LogP contribution in [0.1, 0.15) is 33.7 Å². The molecular weight excluding hydrogens is 504 g/mol. The van der Waals surface area contributed by atoms with Crippen molar-refractivity contribution in [3.05, 3.63) is 119 Å². The lowest BCUT2D eigenvalue weighted by Gasteiger charge is -2.42. The van der Waals surface area contributed by atoms with E-state index in [9.17, 15) is 15.5 Å². The molecule has 0 saturated heterocycles. The lowest BCUT2D eigenvalue weighted by molar-refractivity contribution is -0.128. The molecule has 2 aliphatic rings. The van der Waals surface area contributed by atoms with E-state index in [1.165, 1.54) is 0 Å². The van der Waals surface area contributed by atoms with Gasteiger partial charge >= 0.3 is 0 Å². The predicted molar refractivity (Wildman–Crippen MR) is 147 cm³/mol. The van der Waals surface area contributed by atoms with Crippen molar-refractivity contribution in [2.45, 2.75) is 23.7 Å². The molecule has 1 fully saturated rings. The highest BCUT2D eigenvalue weighted by Crippen LogP contribution is 2.71. The van der Waals surface area contributed by atoms with Crippen LogP contribution >= 0.6 is 0 Å². The summed E-state index contributed by atoms with van der Waals surface area (Å²) in [6.45, 7) is 0.779. The number of aromatic nitrogens is 2. The van der Waals surface area contributed by atoms with Gasteiger partial charge in [0.25, 0.3) is 0 Å². The van der Waals surface area contributed by atoms with Crippen LogP contribution in [-0.4, -0.2) is 40.4 Å². The number of aliphatic hydroxyl groups is 2. The van der Waals surface area contributed by atoms with Crippen LogP contribution in [0, 0.1) is 23.2 Å². The van der Waals surface area contributed by atoms with E-state index in [0.717, 1.165) is 11.1 Å². The Morgan fingerprint density at radius 2 is 1.77 bits per heavy atom. The van der Waals surface area contributed by atoms with E-state index in [0.29, 0.717) is 41.3 Å². The molecule has 0 unspecified atom stereocenters. The zero-order chi connectivity index (χ0) is 27.7. The highest BCUT2D eigenvalue weighted by atomic mass is 16.5. The van der Waals surface area contributed by atoms with Gasteiger partial charge in [-0.15, -0.1) is 0 Å². The molecule has 40 heavy (non-hydrogen) atoms. The number of methoxy groups -OCH3 is 1. The Kier molecular flexibility index (Phi) is 6.72. The second-order valence-corrected chi connectivity index (χ2v) is 10.3. The molecule has 8 nitrogen and oxygen atoms in total. The van der Waals surface area contributed by atoms with Gasteiger partial charge in [0.1, 0.15) is 17.1 Å². The van der Waals surface area contributed by atoms with Gasteiger partial charge in [0.2, 0.25) is 0 Å². The average molecular weight is 535 g/mol. The predicted octanol–water partition coefficient (Wildman–Crippen LogP) is 3.64. The molecular formula is C32H30N4O4. The topological polar surface area (TPSA) is 121 Å². The summed E-state index contributed by atoms with van der Waals surface area (Å²) in [4.78, 5) is 8.42. The molecule has 3 heterocycles. The van der Waals surface area contributed by atoms with Gasteiger partial charge in [-0.25, -0.2) is 0 Å². The van der Waals surface area contributed by atoms with Gasteiger partial charge in [-0.05, 0) is 41.0 Å². The summed E-state index contributed by atoms with van der Waals surface area (Å²) in [5.41, 5.74) is 0.755. The molecule has 6 rings (SSSR count). The van der Waals surface area contributed by atoms with Crippen molar-refractivity contribution >= 4 is 0 Å². The molecule has 1 aliphatic heterocycles. The molecule has 3 N–H and O–H groups in total. The van der Waals surface area contributed by atoms with Gasteiger partial charge in [-0.1, -0.05) is 42.5 Å². The standard InChI is InChI=1S/C32H30N4O4/c1-39-27-18-36-19-28-30(27)31(38)26(17-35-16-22-11-13-34-14-12-22)25(20-37)29(23-5-3-2-4-6-23)32(31,40-28)24-9-7-21(15-33)8-10-24/h2-14,18-19,25-26,29,35,37-38H,16-17,20H2,1H3/t25-,26-,29+,31+,32-/m0/s1. The minimum atomic E-state index is -1.62. The average Bonchev–Trinajstić information content (AvgIpc) is 3.40. The highest BCUT2D eigenvalue weighted by molar-refractivity contribution is 5.59. The van der Waals surface area contributed by atoms with Crippen molar-refractivity contribution in [3.63, 3.8) is 0 Å². The van der Waals surface area contributed by atoms with Gasteiger partial charge in [0, 0.05) is 49.8 Å². The summed E-state index contributed by atoms with van der Waals surface area (Å²) < 4.78 is 12.6. The van der Waals surface area contributed by atoms with Crippen molar-refractivity contribution < 1.29 is 19.7 Å². The lowest BCUT2D eigenvalue weighted by atomic mass is 9.69. The number of nitrogens with zero attached hydrogens (tertiary/aromatic N) is 3. The number of rotatable bonds is 8. The van der Waals surface area contributed by atoms with E-state index in [2.05, 4.69) is 21.4 Å².